The summed E-state index contributed by atoms with van der Waals surface area (Å²) in [5.74, 6) is 0.130. The Morgan fingerprint density at radius 2 is 1.92 bits per heavy atom. The number of ether oxygens (including phenoxy) is 1. The fourth-order valence-electron chi connectivity index (χ4n) is 3.95. The Balaban J connectivity index is 1.79. The smallest absolute Gasteiger partial charge is 0.226 e. The summed E-state index contributed by atoms with van der Waals surface area (Å²) < 4.78 is 5.24. The number of methoxy groups -OCH3 is 1. The summed E-state index contributed by atoms with van der Waals surface area (Å²) in [5, 5.41) is 5.58. The van der Waals surface area contributed by atoms with Crippen LogP contribution in [0.5, 0.6) is 0 Å². The summed E-state index contributed by atoms with van der Waals surface area (Å²) >= 11 is 0. The molecule has 1 aliphatic rings. The first-order valence-electron chi connectivity index (χ1n) is 9.17. The lowest BCUT2D eigenvalue weighted by Gasteiger charge is -2.30. The van der Waals surface area contributed by atoms with Gasteiger partial charge in [0.15, 0.2) is 0 Å². The van der Waals surface area contributed by atoms with Crippen molar-refractivity contribution in [3.63, 3.8) is 0 Å². The Bertz CT molecular complexity index is 723. The Kier molecular flexibility index (Phi) is 5.71. The predicted molar refractivity (Wildman–Crippen MR) is 101 cm³/mol. The topological polar surface area (TPSA) is 64.3 Å². The van der Waals surface area contributed by atoms with Gasteiger partial charge < -0.3 is 15.8 Å². The van der Waals surface area contributed by atoms with Crippen LogP contribution in [0.25, 0.3) is 10.8 Å². The van der Waals surface area contributed by atoms with Gasteiger partial charge in [-0.05, 0) is 41.7 Å². The molecule has 1 aliphatic carbocycles. The van der Waals surface area contributed by atoms with Gasteiger partial charge in [-0.25, -0.2) is 0 Å². The number of carbonyl (C=O) groups is 1. The van der Waals surface area contributed by atoms with Gasteiger partial charge >= 0.3 is 0 Å². The van der Waals surface area contributed by atoms with E-state index in [4.69, 9.17) is 10.5 Å². The lowest BCUT2D eigenvalue weighted by Crippen LogP contribution is -2.43. The molecule has 0 heterocycles. The highest BCUT2D eigenvalue weighted by molar-refractivity contribution is 5.85. The van der Waals surface area contributed by atoms with Crippen LogP contribution in [-0.2, 0) is 9.53 Å². The van der Waals surface area contributed by atoms with Gasteiger partial charge in [0.2, 0.25) is 5.91 Å². The molecular weight excluding hydrogens is 312 g/mol. The maximum Gasteiger partial charge on any atom is 0.226 e. The lowest BCUT2D eigenvalue weighted by atomic mass is 9.81. The minimum absolute atomic E-state index is 0.130. The molecule has 0 bridgehead atoms. The van der Waals surface area contributed by atoms with Crippen LogP contribution in [0.15, 0.2) is 42.5 Å². The van der Waals surface area contributed by atoms with E-state index in [1.807, 2.05) is 12.1 Å². The van der Waals surface area contributed by atoms with Crippen LogP contribution in [0.4, 0.5) is 0 Å². The molecule has 1 amide bonds. The van der Waals surface area contributed by atoms with Crippen molar-refractivity contribution in [1.82, 2.24) is 5.32 Å². The average Bonchev–Trinajstić information content (AvgIpc) is 3.14. The van der Waals surface area contributed by atoms with Gasteiger partial charge in [-0.1, -0.05) is 49.2 Å². The molecule has 3 N–H and O–H groups in total. The molecule has 1 fully saturated rings. The monoisotopic (exact) mass is 340 g/mol. The second kappa shape index (κ2) is 7.98. The zero-order chi connectivity index (χ0) is 17.7. The van der Waals surface area contributed by atoms with Gasteiger partial charge in [-0.2, -0.15) is 0 Å². The van der Waals surface area contributed by atoms with Crippen molar-refractivity contribution < 1.29 is 9.53 Å². The van der Waals surface area contributed by atoms with Crippen LogP contribution < -0.4 is 11.1 Å². The second-order valence-corrected chi connectivity index (χ2v) is 7.10. The molecule has 0 saturated heterocycles. The van der Waals surface area contributed by atoms with E-state index in [1.54, 1.807) is 7.11 Å². The third kappa shape index (κ3) is 3.86. The van der Waals surface area contributed by atoms with Crippen LogP contribution in [0.3, 0.4) is 0 Å². The fraction of sp³-hybridized carbons (Fsp3) is 0.476. The Labute approximate surface area is 149 Å². The summed E-state index contributed by atoms with van der Waals surface area (Å²) in [6.45, 7) is 1.02. The zero-order valence-corrected chi connectivity index (χ0v) is 15.0. The zero-order valence-electron chi connectivity index (χ0n) is 15.0. The molecule has 1 saturated carbocycles. The molecule has 2 aromatic carbocycles. The Morgan fingerprint density at radius 1 is 1.20 bits per heavy atom. The number of nitrogens with one attached hydrogen (secondary N) is 1. The molecule has 134 valence electrons. The first-order chi connectivity index (χ1) is 12.2. The minimum Gasteiger partial charge on any atom is -0.385 e. The number of hydrogen-bond donors (Lipinski definition) is 2. The van der Waals surface area contributed by atoms with E-state index in [0.29, 0.717) is 13.2 Å². The Morgan fingerprint density at radius 3 is 2.60 bits per heavy atom. The fourth-order valence-corrected chi connectivity index (χ4v) is 3.95. The van der Waals surface area contributed by atoms with Crippen LogP contribution in [0, 0.1) is 5.41 Å². The van der Waals surface area contributed by atoms with Gasteiger partial charge in [0.05, 0.1) is 11.5 Å². The van der Waals surface area contributed by atoms with Crippen molar-refractivity contribution in [2.75, 3.05) is 20.3 Å². The molecule has 0 aromatic heterocycles. The summed E-state index contributed by atoms with van der Waals surface area (Å²) in [4.78, 5) is 13.1. The van der Waals surface area contributed by atoms with E-state index in [-0.39, 0.29) is 17.4 Å². The quantitative estimate of drug-likeness (QED) is 0.810. The molecule has 4 heteroatoms. The van der Waals surface area contributed by atoms with Crippen LogP contribution >= 0.6 is 0 Å². The van der Waals surface area contributed by atoms with E-state index in [9.17, 15) is 4.79 Å². The van der Waals surface area contributed by atoms with Gasteiger partial charge in [0.25, 0.3) is 0 Å². The molecule has 1 atom stereocenters. The summed E-state index contributed by atoms with van der Waals surface area (Å²) in [6.07, 6.45) is 4.89. The molecule has 4 nitrogen and oxygen atoms in total. The summed E-state index contributed by atoms with van der Waals surface area (Å²) in [6, 6.07) is 14.4. The van der Waals surface area contributed by atoms with Gasteiger partial charge in [-0.15, -0.1) is 0 Å². The van der Waals surface area contributed by atoms with Crippen molar-refractivity contribution >= 4 is 16.7 Å². The van der Waals surface area contributed by atoms with E-state index in [0.717, 1.165) is 37.7 Å². The van der Waals surface area contributed by atoms with Crippen molar-refractivity contribution in [2.45, 2.75) is 38.1 Å². The number of rotatable bonds is 7. The SMILES string of the molecule is COCCC1(C(=O)NC(CN)c2ccc3ccccc3c2)CCCC1. The lowest BCUT2D eigenvalue weighted by molar-refractivity contribution is -0.132. The maximum absolute atomic E-state index is 13.1. The third-order valence-electron chi connectivity index (χ3n) is 5.54. The highest BCUT2D eigenvalue weighted by Gasteiger charge is 2.41. The largest absolute Gasteiger partial charge is 0.385 e. The van der Waals surface area contributed by atoms with Crippen molar-refractivity contribution in [3.8, 4) is 0 Å². The molecule has 25 heavy (non-hydrogen) atoms. The first kappa shape index (κ1) is 17.9. The van der Waals surface area contributed by atoms with Crippen LogP contribution in [-0.4, -0.2) is 26.2 Å². The van der Waals surface area contributed by atoms with Gasteiger partial charge in [-0.3, -0.25) is 4.79 Å². The summed E-state index contributed by atoms with van der Waals surface area (Å²) in [5.41, 5.74) is 6.77. The number of hydrogen-bond acceptors (Lipinski definition) is 3. The number of nitrogens with two attached hydrogens (primary N) is 1. The van der Waals surface area contributed by atoms with Gasteiger partial charge in [0.1, 0.15) is 0 Å². The molecular formula is C21H28N2O2. The molecule has 0 aliphatic heterocycles. The molecule has 2 aromatic rings. The number of fused-ring (bicyclic) bond motifs is 1. The molecule has 1 unspecified atom stereocenters. The highest BCUT2D eigenvalue weighted by Crippen LogP contribution is 2.41. The van der Waals surface area contributed by atoms with Gasteiger partial charge in [0, 0.05) is 20.3 Å². The minimum atomic E-state index is -0.291. The number of benzene rings is 2. The molecule has 0 spiro atoms. The maximum atomic E-state index is 13.1. The predicted octanol–water partition coefficient (Wildman–Crippen LogP) is 3.55. The number of amides is 1. The highest BCUT2D eigenvalue weighted by atomic mass is 16.5. The second-order valence-electron chi connectivity index (χ2n) is 7.10. The van der Waals surface area contributed by atoms with E-state index < -0.39 is 0 Å². The number of carbonyl (C=O) groups excluding carboxylic acids is 1. The van der Waals surface area contributed by atoms with Crippen molar-refractivity contribution in [3.05, 3.63) is 48.0 Å². The molecule has 0 radical (unpaired) electrons. The van der Waals surface area contributed by atoms with Crippen LogP contribution in [0.2, 0.25) is 0 Å². The van der Waals surface area contributed by atoms with E-state index in [2.05, 4.69) is 35.6 Å². The normalized spacial score (nSPS) is 17.5. The summed E-state index contributed by atoms with van der Waals surface area (Å²) in [7, 11) is 1.69. The van der Waals surface area contributed by atoms with E-state index >= 15 is 0 Å². The third-order valence-corrected chi connectivity index (χ3v) is 5.54. The van der Waals surface area contributed by atoms with Crippen molar-refractivity contribution in [2.24, 2.45) is 11.1 Å². The Hall–Kier alpha value is -1.91. The first-order valence-corrected chi connectivity index (χ1v) is 9.17. The molecule has 3 rings (SSSR count). The van der Waals surface area contributed by atoms with Crippen LogP contribution in [0.1, 0.15) is 43.7 Å². The van der Waals surface area contributed by atoms with Crippen molar-refractivity contribution in [1.29, 1.82) is 0 Å². The van der Waals surface area contributed by atoms with E-state index in [1.165, 1.54) is 10.8 Å². The standard InChI is InChI=1S/C21H28N2O2/c1-25-13-12-21(10-4-5-11-21)20(24)23-19(15-22)18-9-8-16-6-2-3-7-17(16)14-18/h2-3,6-9,14,19H,4-5,10-13,15,22H2,1H3,(H,23,24). The average molecular weight is 340 g/mol.